The van der Waals surface area contributed by atoms with Gasteiger partial charge in [0.25, 0.3) is 0 Å². The van der Waals surface area contributed by atoms with E-state index in [1.54, 1.807) is 0 Å². The van der Waals surface area contributed by atoms with Crippen molar-refractivity contribution in [3.05, 3.63) is 23.3 Å². The summed E-state index contributed by atoms with van der Waals surface area (Å²) in [7, 11) is 0. The highest BCUT2D eigenvalue weighted by atomic mass is 19.4. The molecule has 1 N–H and O–H groups in total. The van der Waals surface area contributed by atoms with Crippen LogP contribution in [-0.2, 0) is 4.74 Å². The molecule has 0 spiro atoms. The van der Waals surface area contributed by atoms with E-state index in [1.165, 1.54) is 13.0 Å². The Morgan fingerprint density at radius 1 is 1.47 bits per heavy atom. The number of phenols is 1. The first kappa shape index (κ1) is 14.6. The van der Waals surface area contributed by atoms with Crippen LogP contribution in [0.15, 0.2) is 12.1 Å². The molecule has 0 heterocycles. The highest BCUT2D eigenvalue weighted by molar-refractivity contribution is 5.94. The number of nitrogens with zero attached hydrogens (tertiary/aromatic N) is 1. The molecule has 0 aliphatic rings. The zero-order valence-corrected chi connectivity index (χ0v) is 9.61. The fourth-order valence-electron chi connectivity index (χ4n) is 1.27. The van der Waals surface area contributed by atoms with Gasteiger partial charge < -0.3 is 14.6 Å². The molecule has 0 aromatic heterocycles. The molecule has 1 aromatic rings. The number of phenolic OH excluding ortho intramolecular Hbond substituents is 1. The first-order valence-electron chi connectivity index (χ1n) is 4.99. The van der Waals surface area contributed by atoms with Crippen molar-refractivity contribution in [3.8, 4) is 17.6 Å². The molecular weight excluding hydrogens is 267 g/mol. The van der Waals surface area contributed by atoms with Crippen molar-refractivity contribution >= 4 is 5.97 Å². The van der Waals surface area contributed by atoms with Crippen LogP contribution in [0.3, 0.4) is 0 Å². The van der Waals surface area contributed by atoms with E-state index in [1.807, 2.05) is 0 Å². The minimum Gasteiger partial charge on any atom is -0.506 e. The first-order valence-corrected chi connectivity index (χ1v) is 4.99. The zero-order chi connectivity index (χ0) is 14.6. The average molecular weight is 275 g/mol. The summed E-state index contributed by atoms with van der Waals surface area (Å²) in [6, 6.07) is 3.14. The van der Waals surface area contributed by atoms with E-state index < -0.39 is 35.0 Å². The molecule has 0 fully saturated rings. The van der Waals surface area contributed by atoms with Crippen molar-refractivity contribution in [1.82, 2.24) is 0 Å². The molecule has 0 aliphatic carbocycles. The minimum atomic E-state index is -5.11. The van der Waals surface area contributed by atoms with Gasteiger partial charge in [0.1, 0.15) is 22.9 Å². The molecule has 102 valence electrons. The van der Waals surface area contributed by atoms with Crippen LogP contribution in [0.2, 0.25) is 0 Å². The second-order valence-electron chi connectivity index (χ2n) is 3.22. The number of carbonyl (C=O) groups excluding carboxylic acids is 1. The van der Waals surface area contributed by atoms with Crippen molar-refractivity contribution in [2.75, 3.05) is 6.61 Å². The van der Waals surface area contributed by atoms with Gasteiger partial charge in [-0.3, -0.25) is 0 Å². The second-order valence-corrected chi connectivity index (χ2v) is 3.22. The highest BCUT2D eigenvalue weighted by Crippen LogP contribution is 2.35. The molecule has 0 amide bonds. The molecule has 0 saturated heterocycles. The van der Waals surface area contributed by atoms with Crippen LogP contribution in [0.1, 0.15) is 22.8 Å². The van der Waals surface area contributed by atoms with Crippen LogP contribution in [-0.4, -0.2) is 24.0 Å². The number of hydrogen-bond acceptors (Lipinski definition) is 5. The lowest BCUT2D eigenvalue weighted by atomic mass is 10.1. The van der Waals surface area contributed by atoms with Crippen LogP contribution in [0.4, 0.5) is 13.2 Å². The quantitative estimate of drug-likeness (QED) is 0.856. The lowest BCUT2D eigenvalue weighted by Gasteiger charge is -2.14. The Labute approximate surface area is 105 Å². The Morgan fingerprint density at radius 2 is 2.11 bits per heavy atom. The van der Waals surface area contributed by atoms with Gasteiger partial charge in [0.05, 0.1) is 6.61 Å². The van der Waals surface area contributed by atoms with Gasteiger partial charge in [-0.05, 0) is 19.1 Å². The third-order valence-corrected chi connectivity index (χ3v) is 1.96. The van der Waals surface area contributed by atoms with Crippen molar-refractivity contribution in [2.24, 2.45) is 0 Å². The minimum absolute atomic E-state index is 0.0624. The summed E-state index contributed by atoms with van der Waals surface area (Å²) in [6.07, 6.45) is -5.11. The van der Waals surface area contributed by atoms with Gasteiger partial charge in [-0.15, -0.1) is 13.2 Å². The smallest absolute Gasteiger partial charge is 0.506 e. The molecule has 0 aliphatic heterocycles. The number of rotatable bonds is 3. The summed E-state index contributed by atoms with van der Waals surface area (Å²) < 4.78 is 44.9. The summed E-state index contributed by atoms with van der Waals surface area (Å²) in [5.41, 5.74) is -1.38. The molecule has 0 atom stereocenters. The van der Waals surface area contributed by atoms with Crippen molar-refractivity contribution in [3.63, 3.8) is 0 Å². The summed E-state index contributed by atoms with van der Waals surface area (Å²) in [5.74, 6) is -2.89. The third kappa shape index (κ3) is 3.51. The molecule has 0 bridgehead atoms. The average Bonchev–Trinajstić information content (AvgIpc) is 2.27. The number of halogens is 3. The second kappa shape index (κ2) is 5.48. The standard InChI is InChI=1S/C11H8F3NO4/c1-2-18-10(17)6-3-4-8(16)7(5-15)9(6)19-11(12,13)14/h3-4,16H,2H2,1H3. The molecule has 1 rings (SSSR count). The number of hydrogen-bond donors (Lipinski definition) is 1. The number of alkyl halides is 3. The van der Waals surface area contributed by atoms with Gasteiger partial charge in [-0.25, -0.2) is 4.79 Å². The van der Waals surface area contributed by atoms with Gasteiger partial charge in [0, 0.05) is 0 Å². The van der Waals surface area contributed by atoms with Crippen molar-refractivity contribution in [2.45, 2.75) is 13.3 Å². The largest absolute Gasteiger partial charge is 0.573 e. The maximum atomic E-state index is 12.3. The van der Waals surface area contributed by atoms with Gasteiger partial charge in [-0.2, -0.15) is 5.26 Å². The van der Waals surface area contributed by atoms with Gasteiger partial charge in [-0.1, -0.05) is 0 Å². The Hall–Kier alpha value is -2.43. The van der Waals surface area contributed by atoms with Crippen LogP contribution >= 0.6 is 0 Å². The van der Waals surface area contributed by atoms with Crippen LogP contribution in [0.5, 0.6) is 11.5 Å². The fraction of sp³-hybridized carbons (Fsp3) is 0.273. The lowest BCUT2D eigenvalue weighted by Crippen LogP contribution is -2.20. The van der Waals surface area contributed by atoms with E-state index in [9.17, 15) is 23.1 Å². The Kier molecular flexibility index (Phi) is 4.22. The molecule has 1 aromatic carbocycles. The number of esters is 1. The fourth-order valence-corrected chi connectivity index (χ4v) is 1.27. The van der Waals surface area contributed by atoms with Gasteiger partial charge >= 0.3 is 12.3 Å². The summed E-state index contributed by atoms with van der Waals surface area (Å²) in [6.45, 7) is 1.40. The van der Waals surface area contributed by atoms with E-state index in [4.69, 9.17) is 5.26 Å². The molecule has 8 heteroatoms. The summed E-state index contributed by atoms with van der Waals surface area (Å²) in [4.78, 5) is 11.5. The number of aromatic hydroxyl groups is 1. The van der Waals surface area contributed by atoms with Crippen LogP contribution < -0.4 is 4.74 Å². The van der Waals surface area contributed by atoms with Crippen LogP contribution in [0.25, 0.3) is 0 Å². The van der Waals surface area contributed by atoms with Gasteiger partial charge in [0.2, 0.25) is 0 Å². The number of carbonyl (C=O) groups is 1. The monoisotopic (exact) mass is 275 g/mol. The van der Waals surface area contributed by atoms with Crippen LogP contribution in [0, 0.1) is 11.3 Å². The first-order chi connectivity index (χ1) is 8.80. The normalized spacial score (nSPS) is 10.7. The molecule has 0 radical (unpaired) electrons. The summed E-state index contributed by atoms with van der Waals surface area (Å²) >= 11 is 0. The molecule has 0 unspecified atom stereocenters. The number of benzene rings is 1. The lowest BCUT2D eigenvalue weighted by molar-refractivity contribution is -0.274. The van der Waals surface area contributed by atoms with Crippen molar-refractivity contribution in [1.29, 1.82) is 5.26 Å². The highest BCUT2D eigenvalue weighted by Gasteiger charge is 2.35. The maximum Gasteiger partial charge on any atom is 0.573 e. The van der Waals surface area contributed by atoms with Gasteiger partial charge in [0.15, 0.2) is 5.75 Å². The third-order valence-electron chi connectivity index (χ3n) is 1.96. The van der Waals surface area contributed by atoms with E-state index in [0.29, 0.717) is 0 Å². The summed E-state index contributed by atoms with van der Waals surface area (Å²) in [5, 5.41) is 18.0. The Balaban J connectivity index is 3.39. The zero-order valence-electron chi connectivity index (χ0n) is 9.61. The maximum absolute atomic E-state index is 12.3. The molecule has 19 heavy (non-hydrogen) atoms. The molecule has 0 saturated carbocycles. The molecule has 5 nitrogen and oxygen atoms in total. The predicted molar refractivity (Wildman–Crippen MR) is 55.5 cm³/mol. The number of nitriles is 1. The van der Waals surface area contributed by atoms with E-state index in [2.05, 4.69) is 9.47 Å². The molecular formula is C11H8F3NO4. The number of ether oxygens (including phenoxy) is 2. The Bertz CT molecular complexity index is 534. The predicted octanol–water partition coefficient (Wildman–Crippen LogP) is 2.34. The van der Waals surface area contributed by atoms with E-state index in [-0.39, 0.29) is 6.61 Å². The van der Waals surface area contributed by atoms with E-state index in [0.717, 1.165) is 12.1 Å². The Morgan fingerprint density at radius 3 is 2.58 bits per heavy atom. The SMILES string of the molecule is CCOC(=O)c1ccc(O)c(C#N)c1OC(F)(F)F. The van der Waals surface area contributed by atoms with Crippen molar-refractivity contribution < 1.29 is 32.5 Å². The van der Waals surface area contributed by atoms with E-state index >= 15 is 0 Å². The topological polar surface area (TPSA) is 79.5 Å².